The van der Waals surface area contributed by atoms with Crippen molar-refractivity contribution in [1.82, 2.24) is 15.5 Å². The zero-order valence-electron chi connectivity index (χ0n) is 9.11. The highest BCUT2D eigenvalue weighted by atomic mass is 79.9. The molecule has 0 unspecified atom stereocenters. The van der Waals surface area contributed by atoms with Crippen LogP contribution in [0.1, 0.15) is 22.1 Å². The molecule has 6 heteroatoms. The third-order valence-corrected chi connectivity index (χ3v) is 2.55. The van der Waals surface area contributed by atoms with Crippen molar-refractivity contribution in [3.05, 3.63) is 46.0 Å². The van der Waals surface area contributed by atoms with Crippen molar-refractivity contribution >= 4 is 21.8 Å². The molecule has 17 heavy (non-hydrogen) atoms. The Morgan fingerprint density at radius 1 is 1.53 bits per heavy atom. The average molecular weight is 296 g/mol. The third-order valence-electron chi connectivity index (χ3n) is 2.06. The van der Waals surface area contributed by atoms with Crippen LogP contribution in [0.3, 0.4) is 0 Å². The van der Waals surface area contributed by atoms with Crippen molar-refractivity contribution < 1.29 is 9.32 Å². The van der Waals surface area contributed by atoms with Crippen LogP contribution in [0.2, 0.25) is 0 Å². The molecule has 5 nitrogen and oxygen atoms in total. The molecule has 0 saturated carbocycles. The van der Waals surface area contributed by atoms with Crippen LogP contribution in [0.25, 0.3) is 0 Å². The number of benzene rings is 1. The number of halogens is 1. The minimum atomic E-state index is -0.179. The van der Waals surface area contributed by atoms with Gasteiger partial charge < -0.3 is 9.84 Å². The number of nitrogens with one attached hydrogen (secondary N) is 1. The standard InChI is InChI=1S/C11H10BrN3O2/c1-7-14-10(17-15-7)6-13-11(16)8-3-2-4-9(12)5-8/h2-5H,6H2,1H3,(H,13,16). The first-order valence-electron chi connectivity index (χ1n) is 4.98. The number of amides is 1. The summed E-state index contributed by atoms with van der Waals surface area (Å²) in [6, 6.07) is 7.14. The van der Waals surface area contributed by atoms with E-state index >= 15 is 0 Å². The van der Waals surface area contributed by atoms with E-state index in [1.807, 2.05) is 6.07 Å². The molecule has 1 heterocycles. The second-order valence-corrected chi connectivity index (χ2v) is 4.34. The van der Waals surface area contributed by atoms with E-state index in [2.05, 4.69) is 31.4 Å². The Balaban J connectivity index is 1.98. The van der Waals surface area contributed by atoms with Crippen molar-refractivity contribution in [2.24, 2.45) is 0 Å². The van der Waals surface area contributed by atoms with E-state index in [4.69, 9.17) is 4.52 Å². The number of carbonyl (C=O) groups excluding carboxylic acids is 1. The van der Waals surface area contributed by atoms with Gasteiger partial charge in [0.25, 0.3) is 5.91 Å². The van der Waals surface area contributed by atoms with E-state index in [-0.39, 0.29) is 12.5 Å². The number of hydrogen-bond donors (Lipinski definition) is 1. The Hall–Kier alpha value is -1.69. The Bertz CT molecular complexity index is 539. The highest BCUT2D eigenvalue weighted by Gasteiger charge is 2.08. The smallest absolute Gasteiger partial charge is 0.251 e. The van der Waals surface area contributed by atoms with Gasteiger partial charge in [-0.25, -0.2) is 0 Å². The van der Waals surface area contributed by atoms with Crippen LogP contribution in [-0.4, -0.2) is 16.0 Å². The molecule has 0 saturated heterocycles. The molecule has 0 radical (unpaired) electrons. The molecular weight excluding hydrogens is 286 g/mol. The van der Waals surface area contributed by atoms with E-state index < -0.39 is 0 Å². The summed E-state index contributed by atoms with van der Waals surface area (Å²) < 4.78 is 5.75. The molecule has 1 aromatic heterocycles. The molecule has 1 aromatic carbocycles. The van der Waals surface area contributed by atoms with Crippen LogP contribution >= 0.6 is 15.9 Å². The average Bonchev–Trinajstić information content (AvgIpc) is 2.72. The van der Waals surface area contributed by atoms with Gasteiger partial charge in [-0.1, -0.05) is 27.2 Å². The molecule has 0 aliphatic rings. The van der Waals surface area contributed by atoms with Crippen LogP contribution in [0.4, 0.5) is 0 Å². The molecule has 0 spiro atoms. The van der Waals surface area contributed by atoms with Crippen molar-refractivity contribution in [1.29, 1.82) is 0 Å². The molecule has 0 atom stereocenters. The Kier molecular flexibility index (Phi) is 3.53. The molecule has 1 amide bonds. The molecule has 0 aliphatic carbocycles. The van der Waals surface area contributed by atoms with E-state index in [1.54, 1.807) is 25.1 Å². The van der Waals surface area contributed by atoms with Crippen LogP contribution in [0.15, 0.2) is 33.3 Å². The highest BCUT2D eigenvalue weighted by molar-refractivity contribution is 9.10. The predicted octanol–water partition coefficient (Wildman–Crippen LogP) is 2.07. The number of hydrogen-bond acceptors (Lipinski definition) is 4. The van der Waals surface area contributed by atoms with Crippen LogP contribution in [0.5, 0.6) is 0 Å². The van der Waals surface area contributed by atoms with Gasteiger partial charge >= 0.3 is 0 Å². The van der Waals surface area contributed by atoms with Gasteiger partial charge in [0.1, 0.15) is 0 Å². The monoisotopic (exact) mass is 295 g/mol. The van der Waals surface area contributed by atoms with Crippen molar-refractivity contribution in [3.8, 4) is 0 Å². The van der Waals surface area contributed by atoms with Crippen molar-refractivity contribution in [2.75, 3.05) is 0 Å². The highest BCUT2D eigenvalue weighted by Crippen LogP contribution is 2.11. The fourth-order valence-electron chi connectivity index (χ4n) is 1.30. The molecule has 0 bridgehead atoms. The quantitative estimate of drug-likeness (QED) is 0.941. The lowest BCUT2D eigenvalue weighted by atomic mass is 10.2. The third kappa shape index (κ3) is 3.13. The Labute approximate surface area is 106 Å². The molecule has 1 N–H and O–H groups in total. The topological polar surface area (TPSA) is 68.0 Å². The minimum Gasteiger partial charge on any atom is -0.343 e. The molecule has 2 rings (SSSR count). The lowest BCUT2D eigenvalue weighted by Crippen LogP contribution is -2.22. The van der Waals surface area contributed by atoms with Gasteiger partial charge in [-0.05, 0) is 25.1 Å². The molecule has 0 aliphatic heterocycles. The predicted molar refractivity (Wildman–Crippen MR) is 64.3 cm³/mol. The first kappa shape index (κ1) is 11.8. The SMILES string of the molecule is Cc1noc(CNC(=O)c2cccc(Br)c2)n1. The molecule has 88 valence electrons. The summed E-state index contributed by atoms with van der Waals surface area (Å²) in [6.07, 6.45) is 0. The van der Waals surface area contributed by atoms with Gasteiger partial charge in [-0.3, -0.25) is 4.79 Å². The summed E-state index contributed by atoms with van der Waals surface area (Å²) in [4.78, 5) is 15.7. The van der Waals surface area contributed by atoms with Gasteiger partial charge in [-0.15, -0.1) is 0 Å². The minimum absolute atomic E-state index is 0.179. The van der Waals surface area contributed by atoms with Crippen LogP contribution < -0.4 is 5.32 Å². The molecular formula is C11H10BrN3O2. The summed E-state index contributed by atoms with van der Waals surface area (Å²) in [5.41, 5.74) is 0.579. The van der Waals surface area contributed by atoms with Gasteiger partial charge in [-0.2, -0.15) is 4.98 Å². The van der Waals surface area contributed by atoms with Gasteiger partial charge in [0.05, 0.1) is 6.54 Å². The van der Waals surface area contributed by atoms with Gasteiger partial charge in [0, 0.05) is 10.0 Å². The van der Waals surface area contributed by atoms with Gasteiger partial charge in [0.2, 0.25) is 5.89 Å². The number of nitrogens with zero attached hydrogens (tertiary/aromatic N) is 2. The normalized spacial score (nSPS) is 10.2. The Morgan fingerprint density at radius 2 is 2.35 bits per heavy atom. The zero-order valence-corrected chi connectivity index (χ0v) is 10.7. The summed E-state index contributed by atoms with van der Waals surface area (Å²) in [7, 11) is 0. The van der Waals surface area contributed by atoms with Crippen molar-refractivity contribution in [2.45, 2.75) is 13.5 Å². The maximum absolute atomic E-state index is 11.8. The second-order valence-electron chi connectivity index (χ2n) is 3.43. The fourth-order valence-corrected chi connectivity index (χ4v) is 1.70. The van der Waals surface area contributed by atoms with E-state index in [0.29, 0.717) is 17.3 Å². The summed E-state index contributed by atoms with van der Waals surface area (Å²) >= 11 is 3.31. The lowest BCUT2D eigenvalue weighted by molar-refractivity contribution is 0.0946. The fraction of sp³-hybridized carbons (Fsp3) is 0.182. The van der Waals surface area contributed by atoms with Crippen LogP contribution in [0, 0.1) is 6.92 Å². The van der Waals surface area contributed by atoms with Crippen LogP contribution in [-0.2, 0) is 6.54 Å². The van der Waals surface area contributed by atoms with E-state index in [1.165, 1.54) is 0 Å². The first-order chi connectivity index (χ1) is 8.15. The van der Waals surface area contributed by atoms with Gasteiger partial charge in [0.15, 0.2) is 5.82 Å². The Morgan fingerprint density at radius 3 is 3.00 bits per heavy atom. The largest absolute Gasteiger partial charge is 0.343 e. The number of aromatic nitrogens is 2. The maximum atomic E-state index is 11.8. The number of carbonyl (C=O) groups is 1. The van der Waals surface area contributed by atoms with E-state index in [9.17, 15) is 4.79 Å². The lowest BCUT2D eigenvalue weighted by Gasteiger charge is -2.02. The number of aryl methyl sites for hydroxylation is 1. The summed E-state index contributed by atoms with van der Waals surface area (Å²) in [6.45, 7) is 1.95. The van der Waals surface area contributed by atoms with E-state index in [0.717, 1.165) is 4.47 Å². The summed E-state index contributed by atoms with van der Waals surface area (Å²) in [5.74, 6) is 0.768. The maximum Gasteiger partial charge on any atom is 0.251 e. The summed E-state index contributed by atoms with van der Waals surface area (Å²) in [5, 5.41) is 6.34. The molecule has 0 fully saturated rings. The van der Waals surface area contributed by atoms with Crippen molar-refractivity contribution in [3.63, 3.8) is 0 Å². The number of rotatable bonds is 3. The second kappa shape index (κ2) is 5.09. The zero-order chi connectivity index (χ0) is 12.3. The first-order valence-corrected chi connectivity index (χ1v) is 5.77. The molecule has 2 aromatic rings.